The fourth-order valence-corrected chi connectivity index (χ4v) is 2.74. The molecule has 0 radical (unpaired) electrons. The number of hydrogen-bond donors (Lipinski definition) is 1. The van der Waals surface area contributed by atoms with E-state index in [2.05, 4.69) is 9.88 Å². The van der Waals surface area contributed by atoms with E-state index >= 15 is 0 Å². The highest BCUT2D eigenvalue weighted by atomic mass is 35.5. The van der Waals surface area contributed by atoms with E-state index in [1.807, 2.05) is 0 Å². The maximum Gasteiger partial charge on any atom is 0.217 e. The molecule has 1 aliphatic rings. The molecule has 0 bridgehead atoms. The quantitative estimate of drug-likeness (QED) is 0.869. The van der Waals surface area contributed by atoms with Crippen LogP contribution < -0.4 is 5.73 Å². The predicted octanol–water partition coefficient (Wildman–Crippen LogP) is 2.48. The molecule has 1 saturated heterocycles. The van der Waals surface area contributed by atoms with Gasteiger partial charge in [0.1, 0.15) is 5.15 Å². The lowest BCUT2D eigenvalue weighted by molar-refractivity contribution is -0.119. The van der Waals surface area contributed by atoms with Crippen molar-refractivity contribution >= 4 is 29.1 Å². The number of halogens is 2. The van der Waals surface area contributed by atoms with Crippen LogP contribution in [-0.4, -0.2) is 28.9 Å². The number of hydrogen-bond acceptors (Lipinski definition) is 3. The molecule has 0 aromatic carbocycles. The molecule has 2 heterocycles. The summed E-state index contributed by atoms with van der Waals surface area (Å²) in [5.41, 5.74) is 6.03. The highest BCUT2D eigenvalue weighted by Gasteiger charge is 2.21. The van der Waals surface area contributed by atoms with Crippen LogP contribution in [-0.2, 0) is 11.3 Å². The maximum atomic E-state index is 10.9. The standard InChI is InChI=1S/C13H17Cl2N3O/c14-10-1-2-12(15)17-11(10)8-18-5-3-9(4-6-18)7-13(16)19/h1-2,9H,3-8H2,(H2,16,19). The van der Waals surface area contributed by atoms with Crippen molar-refractivity contribution in [3.8, 4) is 0 Å². The molecule has 2 rings (SSSR count). The zero-order valence-electron chi connectivity index (χ0n) is 10.6. The molecule has 104 valence electrons. The Bertz CT molecular complexity index is 459. The van der Waals surface area contributed by atoms with Crippen LogP contribution >= 0.6 is 23.2 Å². The first kappa shape index (κ1) is 14.6. The minimum atomic E-state index is -0.210. The molecule has 0 aliphatic carbocycles. The van der Waals surface area contributed by atoms with Crippen molar-refractivity contribution in [3.63, 3.8) is 0 Å². The van der Waals surface area contributed by atoms with E-state index in [1.165, 1.54) is 0 Å². The first-order chi connectivity index (χ1) is 9.04. The van der Waals surface area contributed by atoms with Gasteiger partial charge in [-0.1, -0.05) is 23.2 Å². The Morgan fingerprint density at radius 3 is 2.68 bits per heavy atom. The summed E-state index contributed by atoms with van der Waals surface area (Å²) in [7, 11) is 0. The first-order valence-corrected chi connectivity index (χ1v) is 7.12. The highest BCUT2D eigenvalue weighted by molar-refractivity contribution is 6.32. The lowest BCUT2D eigenvalue weighted by atomic mass is 9.93. The van der Waals surface area contributed by atoms with Crippen LogP contribution in [0, 0.1) is 5.92 Å². The second-order valence-electron chi connectivity index (χ2n) is 4.95. The van der Waals surface area contributed by atoms with Gasteiger partial charge in [-0.3, -0.25) is 9.69 Å². The monoisotopic (exact) mass is 301 g/mol. The number of rotatable bonds is 4. The fraction of sp³-hybridized carbons (Fsp3) is 0.538. The van der Waals surface area contributed by atoms with Crippen LogP contribution in [0.25, 0.3) is 0 Å². The number of carbonyl (C=O) groups is 1. The van der Waals surface area contributed by atoms with E-state index < -0.39 is 0 Å². The average molecular weight is 302 g/mol. The van der Waals surface area contributed by atoms with Gasteiger partial charge in [0.2, 0.25) is 5.91 Å². The molecule has 4 nitrogen and oxygen atoms in total. The summed E-state index contributed by atoms with van der Waals surface area (Å²) in [5, 5.41) is 1.10. The van der Waals surface area contributed by atoms with Crippen molar-refractivity contribution in [2.75, 3.05) is 13.1 Å². The molecule has 0 unspecified atom stereocenters. The van der Waals surface area contributed by atoms with Crippen LogP contribution in [0.15, 0.2) is 12.1 Å². The fourth-order valence-electron chi connectivity index (χ4n) is 2.41. The van der Waals surface area contributed by atoms with Crippen LogP contribution in [0.4, 0.5) is 0 Å². The minimum Gasteiger partial charge on any atom is -0.370 e. The predicted molar refractivity (Wildman–Crippen MR) is 76.1 cm³/mol. The molecule has 0 spiro atoms. The van der Waals surface area contributed by atoms with Crippen molar-refractivity contribution in [3.05, 3.63) is 28.0 Å². The number of aromatic nitrogens is 1. The second kappa shape index (κ2) is 6.55. The van der Waals surface area contributed by atoms with E-state index in [-0.39, 0.29) is 5.91 Å². The Morgan fingerprint density at radius 2 is 2.05 bits per heavy atom. The summed E-state index contributed by atoms with van der Waals surface area (Å²) in [6, 6.07) is 3.46. The Hall–Kier alpha value is -0.840. The Labute approximate surface area is 122 Å². The third kappa shape index (κ3) is 4.34. The number of amides is 1. The topological polar surface area (TPSA) is 59.2 Å². The van der Waals surface area contributed by atoms with Crippen molar-refractivity contribution < 1.29 is 4.79 Å². The molecular weight excluding hydrogens is 285 g/mol. The third-order valence-electron chi connectivity index (χ3n) is 3.46. The largest absolute Gasteiger partial charge is 0.370 e. The first-order valence-electron chi connectivity index (χ1n) is 6.36. The summed E-state index contributed by atoms with van der Waals surface area (Å²) in [6.07, 6.45) is 2.46. The molecule has 19 heavy (non-hydrogen) atoms. The van der Waals surface area contributed by atoms with Crippen LogP contribution in [0.5, 0.6) is 0 Å². The number of nitrogens with two attached hydrogens (primary N) is 1. The van der Waals surface area contributed by atoms with Gasteiger partial charge in [0.15, 0.2) is 0 Å². The van der Waals surface area contributed by atoms with E-state index in [0.29, 0.717) is 29.1 Å². The van der Waals surface area contributed by atoms with Gasteiger partial charge in [-0.2, -0.15) is 0 Å². The zero-order chi connectivity index (χ0) is 13.8. The summed E-state index contributed by atoms with van der Waals surface area (Å²) >= 11 is 12.0. The van der Waals surface area contributed by atoms with Gasteiger partial charge in [0, 0.05) is 13.0 Å². The third-order valence-corrected chi connectivity index (χ3v) is 4.01. The van der Waals surface area contributed by atoms with Gasteiger partial charge < -0.3 is 5.73 Å². The van der Waals surface area contributed by atoms with Gasteiger partial charge in [-0.05, 0) is 44.0 Å². The van der Waals surface area contributed by atoms with Gasteiger partial charge in [-0.25, -0.2) is 4.98 Å². The summed E-state index contributed by atoms with van der Waals surface area (Å²) in [5.74, 6) is 0.203. The van der Waals surface area contributed by atoms with Gasteiger partial charge >= 0.3 is 0 Å². The van der Waals surface area contributed by atoms with Gasteiger partial charge in [0.25, 0.3) is 0 Å². The number of primary amides is 1. The number of nitrogens with zero attached hydrogens (tertiary/aromatic N) is 2. The van der Waals surface area contributed by atoms with Gasteiger partial charge in [0.05, 0.1) is 10.7 Å². The molecule has 1 amide bonds. The molecule has 6 heteroatoms. The SMILES string of the molecule is NC(=O)CC1CCN(Cc2nc(Cl)ccc2Cl)CC1. The van der Waals surface area contributed by atoms with E-state index in [0.717, 1.165) is 31.6 Å². The van der Waals surface area contributed by atoms with Crippen molar-refractivity contribution in [1.29, 1.82) is 0 Å². The van der Waals surface area contributed by atoms with Crippen molar-refractivity contribution in [1.82, 2.24) is 9.88 Å². The van der Waals surface area contributed by atoms with Crippen LogP contribution in [0.1, 0.15) is 25.0 Å². The molecule has 2 N–H and O–H groups in total. The summed E-state index contributed by atoms with van der Waals surface area (Å²) in [6.45, 7) is 2.56. The molecule has 1 aromatic rings. The number of carbonyl (C=O) groups excluding carboxylic acids is 1. The lowest BCUT2D eigenvalue weighted by Crippen LogP contribution is -2.34. The van der Waals surface area contributed by atoms with E-state index in [1.54, 1.807) is 12.1 Å². The number of likely N-dealkylation sites (tertiary alicyclic amines) is 1. The lowest BCUT2D eigenvalue weighted by Gasteiger charge is -2.31. The number of pyridine rings is 1. The Kier molecular flexibility index (Phi) is 5.02. The van der Waals surface area contributed by atoms with E-state index in [9.17, 15) is 4.79 Å². The minimum absolute atomic E-state index is 0.210. The molecule has 1 fully saturated rings. The molecule has 0 saturated carbocycles. The zero-order valence-corrected chi connectivity index (χ0v) is 12.1. The Morgan fingerprint density at radius 1 is 1.37 bits per heavy atom. The van der Waals surface area contributed by atoms with Crippen LogP contribution in [0.2, 0.25) is 10.2 Å². The molecular formula is C13H17Cl2N3O. The second-order valence-corrected chi connectivity index (χ2v) is 5.75. The summed E-state index contributed by atoms with van der Waals surface area (Å²) < 4.78 is 0. The Balaban J connectivity index is 1.88. The maximum absolute atomic E-state index is 10.9. The average Bonchev–Trinajstić information content (AvgIpc) is 2.35. The normalized spacial score (nSPS) is 17.6. The smallest absolute Gasteiger partial charge is 0.217 e. The molecule has 0 atom stereocenters. The van der Waals surface area contributed by atoms with Crippen molar-refractivity contribution in [2.45, 2.75) is 25.8 Å². The number of piperidine rings is 1. The van der Waals surface area contributed by atoms with Gasteiger partial charge in [-0.15, -0.1) is 0 Å². The highest BCUT2D eigenvalue weighted by Crippen LogP contribution is 2.23. The van der Waals surface area contributed by atoms with Crippen molar-refractivity contribution in [2.24, 2.45) is 11.7 Å². The molecule has 1 aromatic heterocycles. The van der Waals surface area contributed by atoms with E-state index in [4.69, 9.17) is 28.9 Å². The molecule has 1 aliphatic heterocycles. The van der Waals surface area contributed by atoms with Crippen LogP contribution in [0.3, 0.4) is 0 Å². The summed E-state index contributed by atoms with van der Waals surface area (Å²) in [4.78, 5) is 17.4.